The molecule has 2 atom stereocenters. The molecule has 1 aromatic carbocycles. The van der Waals surface area contributed by atoms with Gasteiger partial charge in [-0.15, -0.1) is 11.6 Å². The van der Waals surface area contributed by atoms with Crippen molar-refractivity contribution in [2.45, 2.75) is 39.5 Å². The largest absolute Gasteiger partial charge is 0.496 e. The highest BCUT2D eigenvalue weighted by atomic mass is 35.5. The van der Waals surface area contributed by atoms with E-state index in [9.17, 15) is 0 Å². The van der Waals surface area contributed by atoms with Crippen molar-refractivity contribution in [1.29, 1.82) is 0 Å². The first-order valence-electron chi connectivity index (χ1n) is 6.23. The van der Waals surface area contributed by atoms with Crippen LogP contribution in [0.1, 0.15) is 31.9 Å². The van der Waals surface area contributed by atoms with Gasteiger partial charge in [-0.3, -0.25) is 0 Å². The number of aryl methyl sites for hydroxylation is 1. The average Bonchev–Trinajstić information content (AvgIpc) is 2.25. The molecule has 0 aliphatic rings. The van der Waals surface area contributed by atoms with E-state index in [2.05, 4.69) is 39.8 Å². The minimum atomic E-state index is 0.181. The van der Waals surface area contributed by atoms with Gasteiger partial charge in [0.15, 0.2) is 0 Å². The summed E-state index contributed by atoms with van der Waals surface area (Å²) in [7, 11) is 1.72. The van der Waals surface area contributed by atoms with E-state index in [-0.39, 0.29) is 5.38 Å². The van der Waals surface area contributed by atoms with E-state index >= 15 is 0 Å². The van der Waals surface area contributed by atoms with Gasteiger partial charge in [0.1, 0.15) is 5.75 Å². The number of methoxy groups -OCH3 is 1. The van der Waals surface area contributed by atoms with Gasteiger partial charge in [-0.2, -0.15) is 0 Å². The third kappa shape index (κ3) is 3.92. The van der Waals surface area contributed by atoms with Gasteiger partial charge >= 0.3 is 0 Å². The third-order valence-corrected chi connectivity index (χ3v) is 3.66. The molecule has 0 aliphatic heterocycles. The molecule has 1 nitrogen and oxygen atoms in total. The van der Waals surface area contributed by atoms with Gasteiger partial charge in [0.05, 0.1) is 7.11 Å². The molecule has 0 spiro atoms. The zero-order valence-corrected chi connectivity index (χ0v) is 12.2. The van der Waals surface area contributed by atoms with Crippen molar-refractivity contribution in [3.8, 4) is 5.75 Å². The Bertz CT molecular complexity index is 350. The lowest BCUT2D eigenvalue weighted by molar-refractivity contribution is 0.362. The van der Waals surface area contributed by atoms with E-state index in [0.29, 0.717) is 11.8 Å². The molecule has 0 aromatic heterocycles. The second-order valence-corrected chi connectivity index (χ2v) is 5.79. The van der Waals surface area contributed by atoms with Crippen LogP contribution in [0.5, 0.6) is 5.75 Å². The molecule has 96 valence electrons. The predicted molar refractivity (Wildman–Crippen MR) is 75.1 cm³/mol. The van der Waals surface area contributed by atoms with Gasteiger partial charge < -0.3 is 4.74 Å². The van der Waals surface area contributed by atoms with Crippen LogP contribution < -0.4 is 4.74 Å². The van der Waals surface area contributed by atoms with Gasteiger partial charge in [0.25, 0.3) is 0 Å². The van der Waals surface area contributed by atoms with Crippen LogP contribution in [0.15, 0.2) is 18.2 Å². The molecular weight excluding hydrogens is 232 g/mol. The Hall–Kier alpha value is -0.690. The van der Waals surface area contributed by atoms with E-state index in [1.165, 1.54) is 11.1 Å². The maximum atomic E-state index is 6.28. The molecular formula is C15H23ClO. The van der Waals surface area contributed by atoms with Gasteiger partial charge in [-0.1, -0.05) is 31.5 Å². The molecule has 0 heterocycles. The van der Waals surface area contributed by atoms with Crippen molar-refractivity contribution >= 4 is 11.6 Å². The molecule has 0 saturated heterocycles. The molecule has 2 heteroatoms. The molecule has 0 radical (unpaired) electrons. The standard InChI is InChI=1S/C15H23ClO/c1-10(2)14(12(4)16)9-13-8-11(3)6-7-15(13)17-5/h6-8,10,12,14H,9H2,1-5H3. The first-order valence-corrected chi connectivity index (χ1v) is 6.67. The summed E-state index contributed by atoms with van der Waals surface area (Å²) in [6.07, 6.45) is 0.979. The maximum Gasteiger partial charge on any atom is 0.122 e. The second kappa shape index (κ2) is 6.30. The second-order valence-electron chi connectivity index (χ2n) is 5.10. The van der Waals surface area contributed by atoms with Crippen LogP contribution in [0, 0.1) is 18.8 Å². The smallest absolute Gasteiger partial charge is 0.122 e. The number of halogens is 1. The van der Waals surface area contributed by atoms with Crippen LogP contribution in [-0.2, 0) is 6.42 Å². The fraction of sp³-hybridized carbons (Fsp3) is 0.600. The number of benzene rings is 1. The Morgan fingerprint density at radius 1 is 1.24 bits per heavy atom. The first-order chi connectivity index (χ1) is 7.95. The number of ether oxygens (including phenoxy) is 1. The zero-order valence-electron chi connectivity index (χ0n) is 11.5. The van der Waals surface area contributed by atoms with Crippen LogP contribution in [-0.4, -0.2) is 12.5 Å². The molecule has 0 fully saturated rings. The zero-order chi connectivity index (χ0) is 13.0. The topological polar surface area (TPSA) is 9.23 Å². The van der Waals surface area contributed by atoms with Crippen molar-refractivity contribution in [3.05, 3.63) is 29.3 Å². The molecule has 1 aromatic rings. The normalized spacial score (nSPS) is 14.8. The van der Waals surface area contributed by atoms with E-state index < -0.39 is 0 Å². The molecule has 17 heavy (non-hydrogen) atoms. The highest BCUT2D eigenvalue weighted by molar-refractivity contribution is 6.20. The lowest BCUT2D eigenvalue weighted by Crippen LogP contribution is -2.21. The van der Waals surface area contributed by atoms with Crippen LogP contribution in [0.4, 0.5) is 0 Å². The van der Waals surface area contributed by atoms with Crippen LogP contribution >= 0.6 is 11.6 Å². The Morgan fingerprint density at radius 3 is 2.35 bits per heavy atom. The predicted octanol–water partition coefficient (Wildman–Crippen LogP) is 4.45. The summed E-state index contributed by atoms with van der Waals surface area (Å²) in [5.41, 5.74) is 2.53. The first kappa shape index (κ1) is 14.4. The molecule has 0 N–H and O–H groups in total. The Kier molecular flexibility index (Phi) is 5.32. The lowest BCUT2D eigenvalue weighted by atomic mass is 9.86. The monoisotopic (exact) mass is 254 g/mol. The van der Waals surface area contributed by atoms with E-state index in [1.807, 2.05) is 6.07 Å². The summed E-state index contributed by atoms with van der Waals surface area (Å²) in [5, 5.41) is 0.181. The van der Waals surface area contributed by atoms with Gasteiger partial charge in [-0.05, 0) is 43.7 Å². The van der Waals surface area contributed by atoms with E-state index in [4.69, 9.17) is 16.3 Å². The van der Waals surface area contributed by atoms with Crippen molar-refractivity contribution in [1.82, 2.24) is 0 Å². The minimum Gasteiger partial charge on any atom is -0.496 e. The number of hydrogen-bond donors (Lipinski definition) is 0. The molecule has 0 bridgehead atoms. The average molecular weight is 255 g/mol. The van der Waals surface area contributed by atoms with Crippen molar-refractivity contribution in [3.63, 3.8) is 0 Å². The van der Waals surface area contributed by atoms with Gasteiger partial charge in [-0.25, -0.2) is 0 Å². The molecule has 2 unspecified atom stereocenters. The number of rotatable bonds is 5. The Morgan fingerprint density at radius 2 is 1.88 bits per heavy atom. The van der Waals surface area contributed by atoms with Gasteiger partial charge in [0.2, 0.25) is 0 Å². The number of alkyl halides is 1. The van der Waals surface area contributed by atoms with Gasteiger partial charge in [0, 0.05) is 5.38 Å². The summed E-state index contributed by atoms with van der Waals surface area (Å²) in [6.45, 7) is 8.64. The fourth-order valence-corrected chi connectivity index (χ4v) is 2.63. The molecule has 1 rings (SSSR count). The van der Waals surface area contributed by atoms with Crippen molar-refractivity contribution < 1.29 is 4.74 Å². The summed E-state index contributed by atoms with van der Waals surface area (Å²) >= 11 is 6.28. The Labute approximate surface area is 110 Å². The SMILES string of the molecule is COc1ccc(C)cc1CC(C(C)C)C(C)Cl. The van der Waals surface area contributed by atoms with Crippen molar-refractivity contribution in [2.24, 2.45) is 11.8 Å². The van der Waals surface area contributed by atoms with Crippen LogP contribution in [0.25, 0.3) is 0 Å². The third-order valence-electron chi connectivity index (χ3n) is 3.34. The van der Waals surface area contributed by atoms with Crippen LogP contribution in [0.3, 0.4) is 0 Å². The summed E-state index contributed by atoms with van der Waals surface area (Å²) in [6, 6.07) is 6.32. The highest BCUT2D eigenvalue weighted by Gasteiger charge is 2.21. The molecule has 0 saturated carbocycles. The summed E-state index contributed by atoms with van der Waals surface area (Å²) < 4.78 is 5.42. The van der Waals surface area contributed by atoms with Crippen LogP contribution in [0.2, 0.25) is 0 Å². The summed E-state index contributed by atoms with van der Waals surface area (Å²) in [5.74, 6) is 2.03. The maximum absolute atomic E-state index is 6.28. The lowest BCUT2D eigenvalue weighted by Gasteiger charge is -2.24. The number of hydrogen-bond acceptors (Lipinski definition) is 1. The van der Waals surface area contributed by atoms with E-state index in [1.54, 1.807) is 7.11 Å². The van der Waals surface area contributed by atoms with Crippen molar-refractivity contribution in [2.75, 3.05) is 7.11 Å². The Balaban J connectivity index is 2.95. The summed E-state index contributed by atoms with van der Waals surface area (Å²) in [4.78, 5) is 0. The fourth-order valence-electron chi connectivity index (χ4n) is 2.25. The van der Waals surface area contributed by atoms with E-state index in [0.717, 1.165) is 12.2 Å². The highest BCUT2D eigenvalue weighted by Crippen LogP contribution is 2.29. The quantitative estimate of drug-likeness (QED) is 0.706. The molecule has 0 aliphatic carbocycles. The molecule has 0 amide bonds. The minimum absolute atomic E-state index is 0.181.